The van der Waals surface area contributed by atoms with Gasteiger partial charge < -0.3 is 0 Å². The Bertz CT molecular complexity index is 858. The van der Waals surface area contributed by atoms with Gasteiger partial charge in [-0.3, -0.25) is 0 Å². The van der Waals surface area contributed by atoms with Crippen LogP contribution in [0.25, 0.3) is 21.1 Å². The van der Waals surface area contributed by atoms with E-state index in [9.17, 15) is 26.3 Å². The van der Waals surface area contributed by atoms with E-state index >= 15 is 0 Å². The summed E-state index contributed by atoms with van der Waals surface area (Å²) in [4.78, 5) is 4.99. The molecule has 0 N–H and O–H groups in total. The van der Waals surface area contributed by atoms with Gasteiger partial charge in [0.25, 0.3) is 0 Å². The predicted molar refractivity (Wildman–Crippen MR) is 66.9 cm³/mol. The van der Waals surface area contributed by atoms with Crippen molar-refractivity contribution in [1.82, 2.24) is 0 Å². The molecule has 0 aliphatic heterocycles. The first-order valence-corrected chi connectivity index (χ1v) is 5.63. The number of hydrogen-bond donors (Lipinski definition) is 0. The second-order valence-electron chi connectivity index (χ2n) is 4.08. The lowest BCUT2D eigenvalue weighted by atomic mass is 10.0. The zero-order chi connectivity index (χ0) is 18.7. The molecule has 0 heterocycles. The molecule has 0 aliphatic rings. The number of rotatable bonds is 0. The van der Waals surface area contributed by atoms with Crippen molar-refractivity contribution in [2.75, 3.05) is 0 Å². The Labute approximate surface area is 130 Å². The van der Waals surface area contributed by atoms with E-state index in [-0.39, 0.29) is 12.1 Å². The van der Waals surface area contributed by atoms with Crippen LogP contribution in [0.5, 0.6) is 0 Å². The molecule has 4 nitrogen and oxygen atoms in total. The summed E-state index contributed by atoms with van der Waals surface area (Å²) < 4.78 is 78.5. The van der Waals surface area contributed by atoms with Gasteiger partial charge in [0.2, 0.25) is 0 Å². The van der Waals surface area contributed by atoms with Crippen LogP contribution in [0.1, 0.15) is 11.1 Å². The number of nitriles is 2. The maximum absolute atomic E-state index is 13.1. The van der Waals surface area contributed by atoms with E-state index in [2.05, 4.69) is 9.69 Å². The van der Waals surface area contributed by atoms with Crippen molar-refractivity contribution in [1.29, 1.82) is 10.5 Å². The van der Waals surface area contributed by atoms with Crippen LogP contribution in [-0.2, 0) is 12.4 Å². The largest absolute Gasteiger partial charge is 0.527 e. The Kier molecular flexibility index (Phi) is 4.88. The van der Waals surface area contributed by atoms with Crippen LogP contribution in [0.4, 0.5) is 26.3 Å². The molecule has 0 radical (unpaired) electrons. The number of benzene rings is 1. The van der Waals surface area contributed by atoms with E-state index in [1.807, 2.05) is 0 Å². The third-order valence-corrected chi connectivity index (χ3v) is 2.71. The fraction of sp³-hybridized carbons (Fsp3) is 0.143. The lowest BCUT2D eigenvalue weighted by Gasteiger charge is -2.12. The van der Waals surface area contributed by atoms with Crippen molar-refractivity contribution in [3.05, 3.63) is 56.5 Å². The lowest BCUT2D eigenvalue weighted by Crippen LogP contribution is -2.31. The summed E-state index contributed by atoms with van der Waals surface area (Å²) >= 11 is 0. The Morgan fingerprint density at radius 1 is 0.833 bits per heavy atom. The smallest absolute Gasteiger partial charge is 0.192 e. The highest BCUT2D eigenvalue weighted by atomic mass is 19.4. The molecular weight excluding hydrogens is 338 g/mol. The molecule has 1 aromatic rings. The van der Waals surface area contributed by atoms with E-state index in [0.29, 0.717) is 0 Å². The van der Waals surface area contributed by atoms with Crippen molar-refractivity contribution >= 4 is 11.4 Å². The van der Waals surface area contributed by atoms with E-state index < -0.39 is 45.3 Å². The minimum absolute atomic E-state index is 0.0434. The fourth-order valence-electron chi connectivity index (χ4n) is 1.75. The average Bonchev–Trinajstić information content (AvgIpc) is 2.48. The van der Waals surface area contributed by atoms with Gasteiger partial charge in [-0.1, -0.05) is 0 Å². The summed E-state index contributed by atoms with van der Waals surface area (Å²) in [6, 6.07) is 2.10. The molecule has 1 aromatic carbocycles. The molecule has 0 aromatic heterocycles. The Morgan fingerprint density at radius 3 is 1.54 bits per heavy atom. The Morgan fingerprint density at radius 2 is 1.21 bits per heavy atom. The molecule has 0 saturated carbocycles. The minimum atomic E-state index is -5.21. The first kappa shape index (κ1) is 18.5. The Balaban J connectivity index is 4.40. The molecule has 0 unspecified atom stereocenters. The second-order valence-corrected chi connectivity index (χ2v) is 4.08. The monoisotopic (exact) mass is 340 g/mol. The van der Waals surface area contributed by atoms with Gasteiger partial charge in [0.15, 0.2) is 0 Å². The third kappa shape index (κ3) is 3.45. The van der Waals surface area contributed by atoms with Gasteiger partial charge in [-0.15, -0.1) is 0 Å². The minimum Gasteiger partial charge on any atom is -0.192 e. The van der Waals surface area contributed by atoms with E-state index in [1.54, 1.807) is 0 Å². The number of halogens is 6. The van der Waals surface area contributed by atoms with Gasteiger partial charge >= 0.3 is 18.2 Å². The lowest BCUT2D eigenvalue weighted by molar-refractivity contribution is -0.142. The molecule has 0 bridgehead atoms. The number of alkyl halides is 6. The van der Waals surface area contributed by atoms with Gasteiger partial charge in [0, 0.05) is 5.22 Å². The summed E-state index contributed by atoms with van der Waals surface area (Å²) in [5.74, 6) is -1.21. The SMILES string of the molecule is [C-]#[N+]C([N+]#[C-])=c1cc(C(F)(F)F)c(=C(C#N)C#N)cc1C(F)(F)F. The van der Waals surface area contributed by atoms with Gasteiger partial charge in [-0.05, 0) is 12.1 Å². The van der Waals surface area contributed by atoms with Crippen LogP contribution >= 0.6 is 0 Å². The second kappa shape index (κ2) is 6.32. The summed E-state index contributed by atoms with van der Waals surface area (Å²) in [6.45, 7) is 13.3. The average molecular weight is 340 g/mol. The van der Waals surface area contributed by atoms with Crippen LogP contribution in [-0.4, -0.2) is 0 Å². The molecule has 24 heavy (non-hydrogen) atoms. The van der Waals surface area contributed by atoms with Gasteiger partial charge in [-0.2, -0.15) is 46.6 Å². The van der Waals surface area contributed by atoms with Crippen molar-refractivity contribution in [2.24, 2.45) is 0 Å². The van der Waals surface area contributed by atoms with E-state index in [0.717, 1.165) is 12.1 Å². The topological polar surface area (TPSA) is 56.3 Å². The zero-order valence-corrected chi connectivity index (χ0v) is 11.2. The van der Waals surface area contributed by atoms with Crippen molar-refractivity contribution < 1.29 is 26.3 Å². The molecule has 1 rings (SSSR count). The quantitative estimate of drug-likeness (QED) is 0.539. The molecule has 0 amide bonds. The van der Waals surface area contributed by atoms with Crippen LogP contribution in [0, 0.1) is 35.8 Å². The maximum Gasteiger partial charge on any atom is 0.527 e. The van der Waals surface area contributed by atoms with E-state index in [1.165, 1.54) is 0 Å². The molecule has 10 heteroatoms. The zero-order valence-electron chi connectivity index (χ0n) is 11.2. The van der Waals surface area contributed by atoms with Crippen molar-refractivity contribution in [3.63, 3.8) is 0 Å². The highest BCUT2D eigenvalue weighted by molar-refractivity contribution is 5.74. The maximum atomic E-state index is 13.1. The molecule has 120 valence electrons. The normalized spacial score (nSPS) is 10.8. The predicted octanol–water partition coefficient (Wildman–Crippen LogP) is 2.83. The van der Waals surface area contributed by atoms with Crippen molar-refractivity contribution in [3.8, 4) is 12.1 Å². The van der Waals surface area contributed by atoms with Gasteiger partial charge in [-0.25, -0.2) is 0 Å². The number of nitrogens with zero attached hydrogens (tertiary/aromatic N) is 4. The summed E-state index contributed by atoms with van der Waals surface area (Å²) in [5.41, 5.74) is -4.60. The summed E-state index contributed by atoms with van der Waals surface area (Å²) in [5, 5.41) is 14.8. The van der Waals surface area contributed by atoms with Crippen LogP contribution in [0.3, 0.4) is 0 Å². The summed E-state index contributed by atoms with van der Waals surface area (Å²) in [7, 11) is 0. The van der Waals surface area contributed by atoms with Crippen LogP contribution < -0.4 is 10.4 Å². The molecule has 0 saturated heterocycles. The highest BCUT2D eigenvalue weighted by Crippen LogP contribution is 2.30. The van der Waals surface area contributed by atoms with Crippen molar-refractivity contribution in [2.45, 2.75) is 12.4 Å². The fourth-order valence-corrected chi connectivity index (χ4v) is 1.75. The molecule has 0 spiro atoms. The Hall–Kier alpha value is -3.50. The van der Waals surface area contributed by atoms with Gasteiger partial charge in [0.1, 0.15) is 30.9 Å². The van der Waals surface area contributed by atoms with Crippen LogP contribution in [0.15, 0.2) is 12.1 Å². The highest BCUT2D eigenvalue weighted by Gasteiger charge is 2.39. The first-order chi connectivity index (χ1) is 11.0. The standard InChI is InChI=1S/C14H2F6N4/c1-23-12(24-2)9-4-10(13(15,16)17)8(7(5-21)6-22)3-11(9)14(18,19)20/h3-4H. The van der Waals surface area contributed by atoms with Crippen LogP contribution in [0.2, 0.25) is 0 Å². The molecule has 0 fully saturated rings. The molecule has 0 atom stereocenters. The first-order valence-electron chi connectivity index (χ1n) is 5.63. The summed E-state index contributed by atoms with van der Waals surface area (Å²) in [6.07, 6.45) is -10.4. The van der Waals surface area contributed by atoms with E-state index in [4.69, 9.17) is 23.7 Å². The molecular formula is C14H2F6N4. The number of hydrogen-bond acceptors (Lipinski definition) is 2. The molecule has 0 aliphatic carbocycles. The van der Waals surface area contributed by atoms with Gasteiger partial charge in [0.05, 0.1) is 16.3 Å². The third-order valence-electron chi connectivity index (χ3n) is 2.71.